The first-order valence-electron chi connectivity index (χ1n) is 8.63. The molecule has 1 atom stereocenters. The summed E-state index contributed by atoms with van der Waals surface area (Å²) in [5, 5.41) is 0. The number of pyridine rings is 1. The van der Waals surface area contributed by atoms with Crippen LogP contribution in [0.2, 0.25) is 0 Å². The van der Waals surface area contributed by atoms with Gasteiger partial charge < -0.3 is 4.74 Å². The molecule has 1 aliphatic heterocycles. The molecule has 0 saturated carbocycles. The van der Waals surface area contributed by atoms with Gasteiger partial charge in [0.2, 0.25) is 5.88 Å². The fraction of sp³-hybridized carbons (Fsp3) is 0.450. The van der Waals surface area contributed by atoms with E-state index in [1.807, 2.05) is 26.1 Å². The van der Waals surface area contributed by atoms with E-state index in [4.69, 9.17) is 4.74 Å². The average Bonchev–Trinajstić information content (AvgIpc) is 2.57. The number of aromatic nitrogens is 1. The molecule has 2 heterocycles. The highest BCUT2D eigenvalue weighted by Gasteiger charge is 2.24. The molecule has 2 aromatic rings. The first kappa shape index (κ1) is 16.0. The zero-order chi connectivity index (χ0) is 16.1. The summed E-state index contributed by atoms with van der Waals surface area (Å²) in [6.07, 6.45) is 5.94. The first-order valence-corrected chi connectivity index (χ1v) is 8.63. The maximum atomic E-state index is 5.65. The van der Waals surface area contributed by atoms with Crippen LogP contribution >= 0.6 is 0 Å². The Balaban J connectivity index is 1.73. The molecule has 0 radical (unpaired) electrons. The zero-order valence-electron chi connectivity index (χ0n) is 14.1. The zero-order valence-corrected chi connectivity index (χ0v) is 14.1. The lowest BCUT2D eigenvalue weighted by Crippen LogP contribution is -2.33. The Bertz CT molecular complexity index is 595. The largest absolute Gasteiger partial charge is 0.475 e. The van der Waals surface area contributed by atoms with Gasteiger partial charge in [-0.25, -0.2) is 4.98 Å². The molecule has 122 valence electrons. The average molecular weight is 310 g/mol. The molecule has 0 aliphatic carbocycles. The Morgan fingerprint density at radius 1 is 1.13 bits per heavy atom. The molecule has 1 fully saturated rings. The molecule has 1 aromatic heterocycles. The van der Waals surface area contributed by atoms with Crippen LogP contribution in [-0.4, -0.2) is 22.5 Å². The molecule has 1 saturated heterocycles. The normalized spacial score (nSPS) is 19.0. The topological polar surface area (TPSA) is 25.4 Å². The Hall–Kier alpha value is -1.87. The van der Waals surface area contributed by atoms with Crippen LogP contribution in [0.5, 0.6) is 5.88 Å². The molecule has 1 aromatic carbocycles. The van der Waals surface area contributed by atoms with E-state index in [1.165, 1.54) is 30.4 Å². The summed E-state index contributed by atoms with van der Waals surface area (Å²) in [6.45, 7) is 6.22. The second kappa shape index (κ2) is 7.60. The lowest BCUT2D eigenvalue weighted by Gasteiger charge is -2.36. The van der Waals surface area contributed by atoms with Crippen molar-refractivity contribution in [1.82, 2.24) is 9.88 Å². The van der Waals surface area contributed by atoms with E-state index in [0.717, 1.165) is 13.1 Å². The molecule has 0 N–H and O–H groups in total. The molecule has 0 amide bonds. The van der Waals surface area contributed by atoms with Crippen LogP contribution in [0, 0.1) is 0 Å². The van der Waals surface area contributed by atoms with E-state index in [2.05, 4.69) is 46.3 Å². The van der Waals surface area contributed by atoms with E-state index in [9.17, 15) is 0 Å². The van der Waals surface area contributed by atoms with Gasteiger partial charge >= 0.3 is 0 Å². The number of likely N-dealkylation sites (tertiary alicyclic amines) is 1. The van der Waals surface area contributed by atoms with Crippen molar-refractivity contribution in [3.8, 4) is 5.88 Å². The van der Waals surface area contributed by atoms with Gasteiger partial charge in [0, 0.05) is 24.8 Å². The predicted octanol–water partition coefficient (Wildman–Crippen LogP) is 4.60. The van der Waals surface area contributed by atoms with Crippen LogP contribution < -0.4 is 4.74 Å². The molecule has 0 spiro atoms. The Morgan fingerprint density at radius 2 is 1.96 bits per heavy atom. The number of nitrogens with zero attached hydrogens (tertiary/aromatic N) is 2. The van der Waals surface area contributed by atoms with Crippen LogP contribution in [0.3, 0.4) is 0 Å². The van der Waals surface area contributed by atoms with Crippen molar-refractivity contribution < 1.29 is 4.74 Å². The van der Waals surface area contributed by atoms with Crippen LogP contribution in [0.15, 0.2) is 48.7 Å². The van der Waals surface area contributed by atoms with Gasteiger partial charge in [-0.1, -0.05) is 42.8 Å². The number of benzene rings is 1. The summed E-state index contributed by atoms with van der Waals surface area (Å²) in [5.74, 6) is 0.717. The lowest BCUT2D eigenvalue weighted by molar-refractivity contribution is 0.140. The Labute approximate surface area is 139 Å². The molecular formula is C20H26N2O. The van der Waals surface area contributed by atoms with Gasteiger partial charge in [-0.05, 0) is 44.4 Å². The third-order valence-corrected chi connectivity index (χ3v) is 4.34. The van der Waals surface area contributed by atoms with Crippen LogP contribution in [0.1, 0.15) is 50.3 Å². The summed E-state index contributed by atoms with van der Waals surface area (Å²) >= 11 is 0. The van der Waals surface area contributed by atoms with Crippen LogP contribution in [0.4, 0.5) is 0 Å². The maximum Gasteiger partial charge on any atom is 0.213 e. The van der Waals surface area contributed by atoms with Crippen LogP contribution in [0.25, 0.3) is 0 Å². The van der Waals surface area contributed by atoms with E-state index in [1.54, 1.807) is 0 Å². The number of piperidine rings is 1. The molecule has 1 unspecified atom stereocenters. The van der Waals surface area contributed by atoms with Crippen molar-refractivity contribution in [2.75, 3.05) is 6.54 Å². The molecule has 3 nitrogen and oxygen atoms in total. The Morgan fingerprint density at radius 3 is 2.65 bits per heavy atom. The molecule has 3 rings (SSSR count). The van der Waals surface area contributed by atoms with Crippen molar-refractivity contribution in [1.29, 1.82) is 0 Å². The summed E-state index contributed by atoms with van der Waals surface area (Å²) in [6, 6.07) is 15.4. The van der Waals surface area contributed by atoms with Crippen molar-refractivity contribution in [3.05, 3.63) is 59.8 Å². The smallest absolute Gasteiger partial charge is 0.213 e. The van der Waals surface area contributed by atoms with Crippen LogP contribution in [-0.2, 0) is 6.54 Å². The maximum absolute atomic E-state index is 5.65. The first-order chi connectivity index (χ1) is 11.2. The van der Waals surface area contributed by atoms with Gasteiger partial charge in [-0.2, -0.15) is 0 Å². The summed E-state index contributed by atoms with van der Waals surface area (Å²) in [4.78, 5) is 7.07. The number of hydrogen-bond donors (Lipinski definition) is 0. The number of rotatable bonds is 5. The third-order valence-electron chi connectivity index (χ3n) is 4.34. The number of ether oxygens (including phenoxy) is 1. The second-order valence-electron chi connectivity index (χ2n) is 6.56. The van der Waals surface area contributed by atoms with Crippen molar-refractivity contribution >= 4 is 0 Å². The van der Waals surface area contributed by atoms with Gasteiger partial charge in [-0.3, -0.25) is 4.90 Å². The third kappa shape index (κ3) is 4.32. The predicted molar refractivity (Wildman–Crippen MR) is 93.4 cm³/mol. The Kier molecular flexibility index (Phi) is 5.29. The molecule has 1 aliphatic rings. The second-order valence-corrected chi connectivity index (χ2v) is 6.56. The summed E-state index contributed by atoms with van der Waals surface area (Å²) < 4.78 is 5.65. The fourth-order valence-electron chi connectivity index (χ4n) is 3.28. The van der Waals surface area contributed by atoms with E-state index in [-0.39, 0.29) is 6.10 Å². The standard InChI is InChI=1S/C20H26N2O/c1-16(2)23-20-12-11-18(14-21-20)19-10-6-7-13-22(19)15-17-8-4-3-5-9-17/h3-5,8-9,11-12,14,16,19H,6-7,10,13,15H2,1-2H3. The van der Waals surface area contributed by atoms with Crippen molar-refractivity contribution in [2.45, 2.75) is 51.8 Å². The highest BCUT2D eigenvalue weighted by Crippen LogP contribution is 2.32. The van der Waals surface area contributed by atoms with Gasteiger partial charge in [0.05, 0.1) is 6.10 Å². The lowest BCUT2D eigenvalue weighted by atomic mass is 9.96. The van der Waals surface area contributed by atoms with Gasteiger partial charge in [-0.15, -0.1) is 0 Å². The fourth-order valence-corrected chi connectivity index (χ4v) is 3.28. The highest BCUT2D eigenvalue weighted by atomic mass is 16.5. The van der Waals surface area contributed by atoms with E-state index >= 15 is 0 Å². The van der Waals surface area contributed by atoms with E-state index in [0.29, 0.717) is 11.9 Å². The molecular weight excluding hydrogens is 284 g/mol. The molecule has 0 bridgehead atoms. The van der Waals surface area contributed by atoms with E-state index < -0.39 is 0 Å². The van der Waals surface area contributed by atoms with Gasteiger partial charge in [0.15, 0.2) is 0 Å². The van der Waals surface area contributed by atoms with Gasteiger partial charge in [0.1, 0.15) is 0 Å². The highest BCUT2D eigenvalue weighted by molar-refractivity contribution is 5.22. The van der Waals surface area contributed by atoms with Gasteiger partial charge in [0.25, 0.3) is 0 Å². The minimum absolute atomic E-state index is 0.164. The monoisotopic (exact) mass is 310 g/mol. The van der Waals surface area contributed by atoms with Crippen molar-refractivity contribution in [2.24, 2.45) is 0 Å². The molecule has 23 heavy (non-hydrogen) atoms. The number of hydrogen-bond acceptors (Lipinski definition) is 3. The minimum atomic E-state index is 0.164. The quantitative estimate of drug-likeness (QED) is 0.807. The minimum Gasteiger partial charge on any atom is -0.475 e. The SMILES string of the molecule is CC(C)Oc1ccc(C2CCCCN2Cc2ccccc2)cn1. The molecule has 3 heteroatoms. The summed E-state index contributed by atoms with van der Waals surface area (Å²) in [5.41, 5.74) is 2.68. The van der Waals surface area contributed by atoms with Crippen molar-refractivity contribution in [3.63, 3.8) is 0 Å². The summed E-state index contributed by atoms with van der Waals surface area (Å²) in [7, 11) is 0.